The molecule has 1 aliphatic heterocycles. The first-order chi connectivity index (χ1) is 9.17. The summed E-state index contributed by atoms with van der Waals surface area (Å²) in [4.78, 5) is 4.57. The normalized spacial score (nSPS) is 23.5. The number of hydrogen-bond acceptors (Lipinski definition) is 4. The molecule has 0 amide bonds. The highest BCUT2D eigenvalue weighted by Gasteiger charge is 2.34. The van der Waals surface area contributed by atoms with Crippen molar-refractivity contribution in [3.63, 3.8) is 0 Å². The summed E-state index contributed by atoms with van der Waals surface area (Å²) in [5.41, 5.74) is 2.06. The van der Waals surface area contributed by atoms with Crippen LogP contribution in [0, 0.1) is 6.92 Å². The van der Waals surface area contributed by atoms with Gasteiger partial charge in [-0.05, 0) is 39.7 Å². The van der Waals surface area contributed by atoms with E-state index >= 15 is 0 Å². The number of nitrogens with one attached hydrogen (secondary N) is 1. The van der Waals surface area contributed by atoms with Crippen molar-refractivity contribution in [1.82, 2.24) is 15.5 Å². The maximum absolute atomic E-state index is 5.47. The van der Waals surface area contributed by atoms with E-state index in [-0.39, 0.29) is 5.54 Å². The molecule has 0 saturated carbocycles. The van der Waals surface area contributed by atoms with E-state index in [0.717, 1.165) is 18.5 Å². The van der Waals surface area contributed by atoms with Crippen LogP contribution in [-0.2, 0) is 5.54 Å². The summed E-state index contributed by atoms with van der Waals surface area (Å²) in [5.74, 6) is 1.37. The van der Waals surface area contributed by atoms with Gasteiger partial charge >= 0.3 is 0 Å². The van der Waals surface area contributed by atoms with Gasteiger partial charge in [0, 0.05) is 5.56 Å². The Morgan fingerprint density at radius 2 is 2.00 bits per heavy atom. The summed E-state index contributed by atoms with van der Waals surface area (Å²) in [5, 5.41) is 7.60. The van der Waals surface area contributed by atoms with Gasteiger partial charge in [-0.25, -0.2) is 0 Å². The Morgan fingerprint density at radius 1 is 1.21 bits per heavy atom. The van der Waals surface area contributed by atoms with E-state index in [1.165, 1.54) is 18.4 Å². The van der Waals surface area contributed by atoms with E-state index in [2.05, 4.69) is 41.4 Å². The molecule has 3 rings (SSSR count). The Kier molecular flexibility index (Phi) is 3.11. The first-order valence-electron chi connectivity index (χ1n) is 6.84. The van der Waals surface area contributed by atoms with E-state index in [1.807, 2.05) is 12.1 Å². The van der Waals surface area contributed by atoms with E-state index in [4.69, 9.17) is 4.52 Å². The smallest absolute Gasteiger partial charge is 0.246 e. The van der Waals surface area contributed by atoms with E-state index < -0.39 is 0 Å². The Morgan fingerprint density at radius 3 is 2.68 bits per heavy atom. The quantitative estimate of drug-likeness (QED) is 0.898. The fraction of sp³-hybridized carbons (Fsp3) is 0.467. The van der Waals surface area contributed by atoms with E-state index in [9.17, 15) is 0 Å². The fourth-order valence-electron chi connectivity index (χ4n) is 2.51. The fourth-order valence-corrected chi connectivity index (χ4v) is 2.51. The van der Waals surface area contributed by atoms with Crippen molar-refractivity contribution < 1.29 is 4.52 Å². The second-order valence-electron chi connectivity index (χ2n) is 5.51. The molecule has 1 N–H and O–H groups in total. The van der Waals surface area contributed by atoms with Crippen molar-refractivity contribution >= 4 is 0 Å². The Hall–Kier alpha value is -1.68. The molecule has 2 heterocycles. The van der Waals surface area contributed by atoms with E-state index in [0.29, 0.717) is 11.7 Å². The number of rotatable bonds is 2. The molecule has 1 atom stereocenters. The SMILES string of the molecule is Cc1ccc(-c2noc(C3(C)CCCCN3)n2)cc1. The Labute approximate surface area is 113 Å². The third-order valence-electron chi connectivity index (χ3n) is 3.83. The zero-order valence-corrected chi connectivity index (χ0v) is 11.4. The number of aryl methyl sites for hydroxylation is 1. The lowest BCUT2D eigenvalue weighted by molar-refractivity contribution is 0.207. The zero-order chi connectivity index (χ0) is 13.3. The minimum Gasteiger partial charge on any atom is -0.337 e. The summed E-state index contributed by atoms with van der Waals surface area (Å²) in [7, 11) is 0. The molecule has 1 unspecified atom stereocenters. The number of hydrogen-bond donors (Lipinski definition) is 1. The number of aromatic nitrogens is 2. The molecule has 1 fully saturated rings. The van der Waals surface area contributed by atoms with Crippen molar-refractivity contribution in [2.45, 2.75) is 38.6 Å². The van der Waals surface area contributed by atoms with Gasteiger partial charge in [-0.15, -0.1) is 0 Å². The molecule has 0 spiro atoms. The number of piperidine rings is 1. The summed E-state index contributed by atoms with van der Waals surface area (Å²) in [6.07, 6.45) is 3.46. The lowest BCUT2D eigenvalue weighted by atomic mass is 9.91. The van der Waals surface area contributed by atoms with E-state index in [1.54, 1.807) is 0 Å². The standard InChI is InChI=1S/C15H19N3O/c1-11-5-7-12(8-6-11)13-17-14(19-18-13)15(2)9-3-4-10-16-15/h5-8,16H,3-4,9-10H2,1-2H3. The second kappa shape index (κ2) is 4.78. The monoisotopic (exact) mass is 257 g/mol. The maximum atomic E-state index is 5.47. The van der Waals surface area contributed by atoms with Crippen LogP contribution in [0.15, 0.2) is 28.8 Å². The lowest BCUT2D eigenvalue weighted by Gasteiger charge is -2.31. The maximum Gasteiger partial charge on any atom is 0.246 e. The lowest BCUT2D eigenvalue weighted by Crippen LogP contribution is -2.43. The Balaban J connectivity index is 1.88. The minimum atomic E-state index is -0.172. The molecular formula is C15H19N3O. The Bertz CT molecular complexity index is 553. The van der Waals surface area contributed by atoms with Crippen LogP contribution in [0.1, 0.15) is 37.6 Å². The van der Waals surface area contributed by atoms with Crippen LogP contribution in [0.5, 0.6) is 0 Å². The van der Waals surface area contributed by atoms with Crippen molar-refractivity contribution in [1.29, 1.82) is 0 Å². The third kappa shape index (κ3) is 2.40. The van der Waals surface area contributed by atoms with Gasteiger partial charge in [0.2, 0.25) is 11.7 Å². The average molecular weight is 257 g/mol. The second-order valence-corrected chi connectivity index (χ2v) is 5.51. The molecule has 0 bridgehead atoms. The van der Waals surface area contributed by atoms with Crippen molar-refractivity contribution in [2.75, 3.05) is 6.54 Å². The molecule has 0 aliphatic carbocycles. The molecular weight excluding hydrogens is 238 g/mol. The van der Waals surface area contributed by atoms with Gasteiger partial charge in [-0.3, -0.25) is 0 Å². The van der Waals surface area contributed by atoms with Crippen molar-refractivity contribution in [3.05, 3.63) is 35.7 Å². The van der Waals surface area contributed by atoms with Gasteiger partial charge in [0.1, 0.15) is 0 Å². The predicted molar refractivity (Wildman–Crippen MR) is 73.7 cm³/mol. The van der Waals surface area contributed by atoms with Crippen LogP contribution in [0.2, 0.25) is 0 Å². The molecule has 1 aliphatic rings. The van der Waals surface area contributed by atoms with Crippen LogP contribution in [-0.4, -0.2) is 16.7 Å². The summed E-state index contributed by atoms with van der Waals surface area (Å²) in [6.45, 7) is 5.22. The first-order valence-corrected chi connectivity index (χ1v) is 6.84. The van der Waals surface area contributed by atoms with Gasteiger partial charge in [0.25, 0.3) is 0 Å². The zero-order valence-electron chi connectivity index (χ0n) is 11.4. The molecule has 1 saturated heterocycles. The minimum absolute atomic E-state index is 0.172. The van der Waals surface area contributed by atoms with Crippen molar-refractivity contribution in [3.8, 4) is 11.4 Å². The summed E-state index contributed by atoms with van der Waals surface area (Å²) >= 11 is 0. The summed E-state index contributed by atoms with van der Waals surface area (Å²) < 4.78 is 5.47. The highest BCUT2D eigenvalue weighted by molar-refractivity contribution is 5.54. The predicted octanol–water partition coefficient (Wildman–Crippen LogP) is 3.03. The third-order valence-corrected chi connectivity index (χ3v) is 3.83. The molecule has 1 aromatic carbocycles. The molecule has 4 heteroatoms. The van der Waals surface area contributed by atoms with Crippen LogP contribution in [0.4, 0.5) is 0 Å². The number of nitrogens with zero attached hydrogens (tertiary/aromatic N) is 2. The van der Waals surface area contributed by atoms with Crippen LogP contribution in [0.3, 0.4) is 0 Å². The molecule has 1 aromatic heterocycles. The first kappa shape index (κ1) is 12.4. The van der Waals surface area contributed by atoms with Gasteiger partial charge in [0.05, 0.1) is 5.54 Å². The van der Waals surface area contributed by atoms with Crippen LogP contribution in [0.25, 0.3) is 11.4 Å². The summed E-state index contributed by atoms with van der Waals surface area (Å²) in [6, 6.07) is 8.18. The molecule has 100 valence electrons. The molecule has 19 heavy (non-hydrogen) atoms. The van der Waals surface area contributed by atoms with Gasteiger partial charge in [-0.1, -0.05) is 35.0 Å². The van der Waals surface area contributed by atoms with Gasteiger partial charge in [-0.2, -0.15) is 4.98 Å². The highest BCUT2D eigenvalue weighted by atomic mass is 16.5. The van der Waals surface area contributed by atoms with Gasteiger partial charge in [0.15, 0.2) is 0 Å². The van der Waals surface area contributed by atoms with Crippen LogP contribution < -0.4 is 5.32 Å². The van der Waals surface area contributed by atoms with Crippen molar-refractivity contribution in [2.24, 2.45) is 0 Å². The molecule has 4 nitrogen and oxygen atoms in total. The van der Waals surface area contributed by atoms with Crippen LogP contribution >= 0.6 is 0 Å². The largest absolute Gasteiger partial charge is 0.337 e. The molecule has 0 radical (unpaired) electrons. The molecule has 2 aromatic rings. The highest BCUT2D eigenvalue weighted by Crippen LogP contribution is 2.29. The number of benzene rings is 1. The topological polar surface area (TPSA) is 51.0 Å². The van der Waals surface area contributed by atoms with Gasteiger partial charge < -0.3 is 9.84 Å². The average Bonchev–Trinajstić information content (AvgIpc) is 2.91.